The van der Waals surface area contributed by atoms with Crippen molar-refractivity contribution in [2.75, 3.05) is 38.0 Å². The van der Waals surface area contributed by atoms with Crippen LogP contribution in [0.25, 0.3) is 0 Å². The number of anilines is 1. The van der Waals surface area contributed by atoms with Crippen molar-refractivity contribution in [3.63, 3.8) is 0 Å². The number of amides is 1. The lowest BCUT2D eigenvalue weighted by atomic mass is 10.0. The Morgan fingerprint density at radius 2 is 1.86 bits per heavy atom. The second-order valence-electron chi connectivity index (χ2n) is 10.1. The molecule has 1 unspecified atom stereocenters. The minimum Gasteiger partial charge on any atom is -0.356 e. The number of nitrogens with zero attached hydrogens (tertiary/aromatic N) is 1. The van der Waals surface area contributed by atoms with Gasteiger partial charge in [0.1, 0.15) is 5.82 Å². The molecule has 2 aliphatic rings. The van der Waals surface area contributed by atoms with Gasteiger partial charge in [0.15, 0.2) is 0 Å². The van der Waals surface area contributed by atoms with Crippen LogP contribution in [0.4, 0.5) is 5.69 Å². The molecule has 37 heavy (non-hydrogen) atoms. The van der Waals surface area contributed by atoms with Crippen molar-refractivity contribution in [3.8, 4) is 0 Å². The van der Waals surface area contributed by atoms with Crippen LogP contribution in [0.2, 0.25) is 10.0 Å². The normalized spacial score (nSPS) is 21.2. The molecule has 2 aliphatic heterocycles. The number of halogens is 2. The quantitative estimate of drug-likeness (QED) is 0.357. The molecule has 0 spiro atoms. The van der Waals surface area contributed by atoms with Gasteiger partial charge in [-0.15, -0.1) is 0 Å². The van der Waals surface area contributed by atoms with Crippen LogP contribution in [-0.4, -0.2) is 55.6 Å². The van der Waals surface area contributed by atoms with Crippen LogP contribution in [0, 0.1) is 0 Å². The molecule has 2 atom stereocenters. The molecule has 2 aromatic rings. The van der Waals surface area contributed by atoms with Gasteiger partial charge in [-0.25, -0.2) is 0 Å². The van der Waals surface area contributed by atoms with E-state index in [2.05, 4.69) is 39.2 Å². The van der Waals surface area contributed by atoms with Crippen molar-refractivity contribution < 1.29 is 4.79 Å². The van der Waals surface area contributed by atoms with Gasteiger partial charge in [-0.3, -0.25) is 4.79 Å². The Labute approximate surface area is 231 Å². The number of hydrogen-bond donors (Lipinski definition) is 4. The molecule has 2 heterocycles. The Kier molecular flexibility index (Phi) is 10.6. The molecule has 1 amide bonds. The van der Waals surface area contributed by atoms with Gasteiger partial charge in [0.2, 0.25) is 0 Å². The van der Waals surface area contributed by atoms with Crippen LogP contribution in [-0.2, 0) is 6.42 Å². The van der Waals surface area contributed by atoms with Gasteiger partial charge in [-0.1, -0.05) is 48.5 Å². The van der Waals surface area contributed by atoms with E-state index in [1.54, 1.807) is 6.07 Å². The van der Waals surface area contributed by atoms with Crippen LogP contribution < -0.4 is 21.3 Å². The van der Waals surface area contributed by atoms with Crippen LogP contribution in [0.5, 0.6) is 0 Å². The van der Waals surface area contributed by atoms with Crippen molar-refractivity contribution >= 4 is 34.8 Å². The third-order valence-corrected chi connectivity index (χ3v) is 7.62. The summed E-state index contributed by atoms with van der Waals surface area (Å²) in [6.45, 7) is 6.70. The lowest BCUT2D eigenvalue weighted by Gasteiger charge is -2.36. The number of carbonyl (C=O) groups excluding carboxylic acids is 1. The zero-order valence-electron chi connectivity index (χ0n) is 21.7. The molecule has 2 fully saturated rings. The Balaban J connectivity index is 1.38. The van der Waals surface area contributed by atoms with Gasteiger partial charge >= 0.3 is 0 Å². The Bertz CT molecular complexity index is 1050. The Morgan fingerprint density at radius 1 is 1.05 bits per heavy atom. The zero-order chi connectivity index (χ0) is 26.0. The fraction of sp³-hybridized carbons (Fsp3) is 0.483. The highest BCUT2D eigenvalue weighted by molar-refractivity contribution is 6.35. The van der Waals surface area contributed by atoms with Gasteiger partial charge in [0.25, 0.3) is 5.91 Å². The summed E-state index contributed by atoms with van der Waals surface area (Å²) >= 11 is 12.2. The predicted octanol–water partition coefficient (Wildman–Crippen LogP) is 5.44. The number of carbonyl (C=O) groups is 1. The summed E-state index contributed by atoms with van der Waals surface area (Å²) in [5.74, 6) is 1.05. The van der Waals surface area contributed by atoms with E-state index in [0.29, 0.717) is 40.7 Å². The maximum atomic E-state index is 12.7. The summed E-state index contributed by atoms with van der Waals surface area (Å²) in [4.78, 5) is 15.1. The molecule has 200 valence electrons. The lowest BCUT2D eigenvalue weighted by molar-refractivity contribution is 0.0954. The molecule has 0 aliphatic carbocycles. The highest BCUT2D eigenvalue weighted by Gasteiger charge is 2.20. The van der Waals surface area contributed by atoms with Crippen molar-refractivity contribution in [2.24, 2.45) is 0 Å². The maximum Gasteiger partial charge on any atom is 0.251 e. The highest BCUT2D eigenvalue weighted by atomic mass is 35.5. The molecule has 0 bridgehead atoms. The lowest BCUT2D eigenvalue weighted by Crippen LogP contribution is -2.50. The number of benzene rings is 2. The Morgan fingerprint density at radius 3 is 2.65 bits per heavy atom. The van der Waals surface area contributed by atoms with E-state index in [4.69, 9.17) is 23.2 Å². The van der Waals surface area contributed by atoms with E-state index in [9.17, 15) is 4.79 Å². The average molecular weight is 545 g/mol. The van der Waals surface area contributed by atoms with Gasteiger partial charge < -0.3 is 26.2 Å². The summed E-state index contributed by atoms with van der Waals surface area (Å²) in [6, 6.07) is 14.0. The SMILES string of the molecule is C[C@H]1CN(/C(=C/C2CCCCCCN2)Nc2ccc(C(=O)NCCc3ccc(Cl)cc3Cl)cc2)CCN1. The molecule has 4 rings (SSSR count). The topological polar surface area (TPSA) is 68.4 Å². The largest absolute Gasteiger partial charge is 0.356 e. The minimum atomic E-state index is -0.0953. The second-order valence-corrected chi connectivity index (χ2v) is 10.9. The van der Waals surface area contributed by atoms with E-state index in [1.165, 1.54) is 25.7 Å². The van der Waals surface area contributed by atoms with Crippen LogP contribution in [0.1, 0.15) is 54.9 Å². The van der Waals surface area contributed by atoms with Gasteiger partial charge in [0, 0.05) is 59.6 Å². The first-order valence-electron chi connectivity index (χ1n) is 13.5. The van der Waals surface area contributed by atoms with E-state index >= 15 is 0 Å². The zero-order valence-corrected chi connectivity index (χ0v) is 23.2. The number of nitrogens with one attached hydrogen (secondary N) is 4. The molecule has 8 heteroatoms. The fourth-order valence-corrected chi connectivity index (χ4v) is 5.44. The predicted molar refractivity (Wildman–Crippen MR) is 155 cm³/mol. The monoisotopic (exact) mass is 543 g/mol. The fourth-order valence-electron chi connectivity index (χ4n) is 4.93. The van der Waals surface area contributed by atoms with Crippen molar-refractivity contribution in [2.45, 2.75) is 57.5 Å². The summed E-state index contributed by atoms with van der Waals surface area (Å²) in [5, 5.41) is 15.1. The van der Waals surface area contributed by atoms with E-state index in [-0.39, 0.29) is 5.91 Å². The first kappa shape index (κ1) is 27.8. The minimum absolute atomic E-state index is 0.0953. The molecule has 2 saturated heterocycles. The summed E-state index contributed by atoms with van der Waals surface area (Å²) < 4.78 is 0. The smallest absolute Gasteiger partial charge is 0.251 e. The second kappa shape index (κ2) is 14.1. The molecule has 0 aromatic heterocycles. The van der Waals surface area contributed by atoms with E-state index in [0.717, 1.165) is 49.7 Å². The third-order valence-electron chi connectivity index (χ3n) is 7.03. The van der Waals surface area contributed by atoms with Crippen molar-refractivity contribution in [1.82, 2.24) is 20.9 Å². The van der Waals surface area contributed by atoms with Crippen LogP contribution >= 0.6 is 23.2 Å². The Hall–Kier alpha value is -2.25. The molecular weight excluding hydrogens is 505 g/mol. The third kappa shape index (κ3) is 8.64. The van der Waals surface area contributed by atoms with Gasteiger partial charge in [-0.2, -0.15) is 0 Å². The first-order chi connectivity index (χ1) is 18.0. The number of rotatable bonds is 8. The van der Waals surface area contributed by atoms with E-state index < -0.39 is 0 Å². The van der Waals surface area contributed by atoms with Gasteiger partial charge in [0.05, 0.1) is 0 Å². The number of hydrogen-bond acceptors (Lipinski definition) is 5. The molecule has 2 aromatic carbocycles. The van der Waals surface area contributed by atoms with Crippen LogP contribution in [0.3, 0.4) is 0 Å². The standard InChI is InChI=1S/C29H39Cl2N5O/c1-21-20-36(17-16-32-21)28(19-26-6-4-2-3-5-14-33-26)35-25-11-8-23(9-12-25)29(37)34-15-13-22-7-10-24(30)18-27(22)31/h7-12,18-19,21,26,32-33,35H,2-6,13-17,20H2,1H3,(H,34,37)/b28-19+/t21-,26?/m0/s1. The van der Waals surface area contributed by atoms with Crippen molar-refractivity contribution in [1.29, 1.82) is 0 Å². The highest BCUT2D eigenvalue weighted by Crippen LogP contribution is 2.22. The average Bonchev–Trinajstić information content (AvgIpc) is 2.86. The number of piperazine rings is 1. The summed E-state index contributed by atoms with van der Waals surface area (Å²) in [7, 11) is 0. The maximum absolute atomic E-state index is 12.7. The molecule has 6 nitrogen and oxygen atoms in total. The molecule has 4 N–H and O–H groups in total. The first-order valence-corrected chi connectivity index (χ1v) is 14.3. The van der Waals surface area contributed by atoms with Crippen LogP contribution in [0.15, 0.2) is 54.4 Å². The van der Waals surface area contributed by atoms with E-state index in [1.807, 2.05) is 36.4 Å². The summed E-state index contributed by atoms with van der Waals surface area (Å²) in [6.07, 6.45) is 9.31. The van der Waals surface area contributed by atoms with Gasteiger partial charge in [-0.05, 0) is 80.8 Å². The summed E-state index contributed by atoms with van der Waals surface area (Å²) in [5.41, 5.74) is 2.58. The van der Waals surface area contributed by atoms with Crippen molar-refractivity contribution in [3.05, 3.63) is 75.5 Å². The molecular formula is C29H39Cl2N5O. The molecule has 0 radical (unpaired) electrons. The molecule has 0 saturated carbocycles.